The number of aliphatic hydroxyl groups excluding tert-OH is 5. The van der Waals surface area contributed by atoms with Crippen LogP contribution >= 0.6 is 15.6 Å². The Hall–Kier alpha value is -1.67. The second-order valence-electron chi connectivity index (χ2n) is 8.23. The van der Waals surface area contributed by atoms with Crippen molar-refractivity contribution in [3.8, 4) is 0 Å². The molecule has 11 atom stereocenters. The molecule has 2 aromatic heterocycles. The van der Waals surface area contributed by atoms with Gasteiger partial charge in [-0.1, -0.05) is 0 Å². The Kier molecular flexibility index (Phi) is 8.03. The minimum absolute atomic E-state index is 0.0528. The number of imidazole rings is 1. The molecule has 0 aliphatic carbocycles. The first kappa shape index (κ1) is 28.3. The Balaban J connectivity index is 1.38. The largest absolute Gasteiger partial charge is 0.483 e. The van der Waals surface area contributed by atoms with Crippen LogP contribution in [0.2, 0.25) is 0 Å². The Morgan fingerprint density at radius 1 is 0.973 bits per heavy atom. The monoisotopic (exact) mass is 573 g/mol. The van der Waals surface area contributed by atoms with Crippen molar-refractivity contribution in [2.75, 3.05) is 12.3 Å². The quantitative estimate of drug-likeness (QED) is 0.147. The molecule has 0 amide bonds. The lowest BCUT2D eigenvalue weighted by molar-refractivity contribution is -0.271. The fraction of sp³-hybridized carbons (Fsp3) is 0.688. The number of nitrogen functional groups attached to an aromatic ring is 1. The predicted octanol–water partition coefficient (Wildman–Crippen LogP) is -2.89. The smallest absolute Gasteiger partial charge is 0.388 e. The van der Waals surface area contributed by atoms with E-state index in [0.717, 1.165) is 6.33 Å². The van der Waals surface area contributed by atoms with Crippen LogP contribution in [0, 0.1) is 0 Å². The average molecular weight is 573 g/mol. The van der Waals surface area contributed by atoms with Crippen LogP contribution in [0.3, 0.4) is 0 Å². The van der Waals surface area contributed by atoms with Crippen LogP contribution in [-0.4, -0.2) is 110 Å². The average Bonchev–Trinajstić information content (AvgIpc) is 3.36. The van der Waals surface area contributed by atoms with Gasteiger partial charge in [0.25, 0.3) is 0 Å². The van der Waals surface area contributed by atoms with Gasteiger partial charge in [0.2, 0.25) is 0 Å². The lowest BCUT2D eigenvalue weighted by Gasteiger charge is -2.38. The minimum Gasteiger partial charge on any atom is -0.388 e. The highest BCUT2D eigenvalue weighted by Crippen LogP contribution is 2.61. The summed E-state index contributed by atoms with van der Waals surface area (Å²) in [4.78, 5) is 31.5. The molecular weight excluding hydrogens is 548 g/mol. The van der Waals surface area contributed by atoms with Gasteiger partial charge in [-0.3, -0.25) is 13.6 Å². The van der Waals surface area contributed by atoms with Crippen molar-refractivity contribution < 1.29 is 67.3 Å². The third-order valence-electron chi connectivity index (χ3n) is 5.65. The van der Waals surface area contributed by atoms with E-state index in [-0.39, 0.29) is 17.0 Å². The molecule has 0 bridgehead atoms. The van der Waals surface area contributed by atoms with E-state index >= 15 is 0 Å². The maximum absolute atomic E-state index is 12.3. The molecule has 9 N–H and O–H groups in total. The van der Waals surface area contributed by atoms with Gasteiger partial charge in [-0.15, -0.1) is 0 Å². The molecule has 2 saturated heterocycles. The number of fused-ring (bicyclic) bond motifs is 1. The first-order valence-corrected chi connectivity index (χ1v) is 13.5. The van der Waals surface area contributed by atoms with Gasteiger partial charge < -0.3 is 50.5 Å². The van der Waals surface area contributed by atoms with Crippen molar-refractivity contribution in [1.29, 1.82) is 0 Å². The molecule has 4 heterocycles. The maximum Gasteiger partial charge on any atom is 0.483 e. The third kappa shape index (κ3) is 5.85. The Morgan fingerprint density at radius 3 is 2.38 bits per heavy atom. The summed E-state index contributed by atoms with van der Waals surface area (Å²) in [6.45, 7) is 0.360. The lowest BCUT2D eigenvalue weighted by Crippen LogP contribution is -2.57. The number of hydrogen-bond donors (Lipinski definition) is 8. The predicted molar refractivity (Wildman–Crippen MR) is 116 cm³/mol. The van der Waals surface area contributed by atoms with Crippen molar-refractivity contribution in [1.82, 2.24) is 19.5 Å². The fourth-order valence-corrected chi connectivity index (χ4v) is 5.88. The van der Waals surface area contributed by atoms with Gasteiger partial charge in [0.1, 0.15) is 48.5 Å². The third-order valence-corrected chi connectivity index (χ3v) is 8.25. The summed E-state index contributed by atoms with van der Waals surface area (Å²) < 4.78 is 49.5. The molecule has 2 aromatic rings. The number of ether oxygens (including phenoxy) is 2. The second-order valence-corrected chi connectivity index (χ2v) is 11.2. The zero-order valence-electron chi connectivity index (χ0n) is 18.8. The number of phosphoric acid groups is 2. The van der Waals surface area contributed by atoms with Crippen molar-refractivity contribution in [2.24, 2.45) is 0 Å². The van der Waals surface area contributed by atoms with Gasteiger partial charge in [0.15, 0.2) is 24.0 Å². The van der Waals surface area contributed by atoms with E-state index in [4.69, 9.17) is 15.2 Å². The number of nitrogens with zero attached hydrogens (tertiary/aromatic N) is 4. The number of aromatic nitrogens is 4. The normalized spacial score (nSPS) is 37.9. The number of nitrogens with two attached hydrogens (primary N) is 1. The Bertz CT molecular complexity index is 1220. The highest BCUT2D eigenvalue weighted by atomic mass is 31.3. The van der Waals surface area contributed by atoms with E-state index < -0.39 is 77.5 Å². The van der Waals surface area contributed by atoms with Crippen LogP contribution in [0.25, 0.3) is 11.2 Å². The molecule has 4 rings (SSSR count). The molecule has 0 radical (unpaired) electrons. The van der Waals surface area contributed by atoms with E-state index in [0.29, 0.717) is 0 Å². The second kappa shape index (κ2) is 10.5. The SMILES string of the molecule is C[C@@H]1O[C@H](OP(=O)(O)OP(=O)(O)OC[C@H]2O[C@@H](n3cnc4c(N)ncnc43)[C@H](O)[C@@H]2O)[C@@H](O)[C@H](O)[C@@H]1O. The fourth-order valence-electron chi connectivity index (χ4n) is 3.73. The Morgan fingerprint density at radius 2 is 1.68 bits per heavy atom. The van der Waals surface area contributed by atoms with E-state index in [9.17, 15) is 44.4 Å². The van der Waals surface area contributed by atoms with E-state index in [1.807, 2.05) is 0 Å². The molecule has 2 fully saturated rings. The van der Waals surface area contributed by atoms with Gasteiger partial charge in [-0.05, 0) is 6.92 Å². The van der Waals surface area contributed by atoms with Crippen LogP contribution < -0.4 is 5.73 Å². The maximum atomic E-state index is 12.3. The first-order chi connectivity index (χ1) is 17.2. The number of aliphatic hydroxyl groups is 5. The number of hydrogen-bond acceptors (Lipinski definition) is 16. The van der Waals surface area contributed by atoms with Gasteiger partial charge in [0, 0.05) is 0 Å². The molecule has 0 aromatic carbocycles. The summed E-state index contributed by atoms with van der Waals surface area (Å²) in [7, 11) is -10.9. The molecule has 2 unspecified atom stereocenters. The van der Waals surface area contributed by atoms with Crippen LogP contribution in [0.4, 0.5) is 5.82 Å². The van der Waals surface area contributed by atoms with Gasteiger partial charge >= 0.3 is 15.6 Å². The summed E-state index contributed by atoms with van der Waals surface area (Å²) in [5.74, 6) is 0.0528. The van der Waals surface area contributed by atoms with Gasteiger partial charge in [-0.25, -0.2) is 24.1 Å². The topological polar surface area (TPSA) is 292 Å². The molecule has 2 aliphatic rings. The zero-order chi connectivity index (χ0) is 27.3. The van der Waals surface area contributed by atoms with Gasteiger partial charge in [0.05, 0.1) is 19.0 Å². The van der Waals surface area contributed by atoms with Crippen LogP contribution in [-0.2, 0) is 32.0 Å². The van der Waals surface area contributed by atoms with Crippen molar-refractivity contribution in [2.45, 2.75) is 62.2 Å². The molecule has 0 saturated carbocycles. The van der Waals surface area contributed by atoms with Crippen molar-refractivity contribution >= 4 is 32.6 Å². The van der Waals surface area contributed by atoms with Crippen LogP contribution in [0.1, 0.15) is 13.2 Å². The number of rotatable bonds is 8. The molecule has 0 spiro atoms. The summed E-state index contributed by atoms with van der Waals surface area (Å²) >= 11 is 0. The summed E-state index contributed by atoms with van der Waals surface area (Å²) in [6.07, 6.45) is -12.1. The molecule has 37 heavy (non-hydrogen) atoms. The minimum atomic E-state index is -5.47. The molecule has 21 heteroatoms. The number of phosphoric ester groups is 2. The standard InChI is InChI=1S/C16H25N5O14P2/c1-5-8(22)10(24)12(26)16(32-5)34-37(29,30)35-36(27,28)31-2-6-9(23)11(25)15(33-6)21-4-20-7-13(17)18-3-19-14(7)21/h3-6,8-12,15-16,22-26H,2H2,1H3,(H,27,28)(H,29,30)(H2,17,18,19)/t5-,6+,8+,9+,10+,11+,12-,15+,16+/m0/s1. The first-order valence-electron chi connectivity index (χ1n) is 10.5. The van der Waals surface area contributed by atoms with E-state index in [1.165, 1.54) is 17.8 Å². The highest BCUT2D eigenvalue weighted by molar-refractivity contribution is 7.61. The molecule has 208 valence electrons. The number of anilines is 1. The van der Waals surface area contributed by atoms with Crippen molar-refractivity contribution in [3.05, 3.63) is 12.7 Å². The zero-order valence-corrected chi connectivity index (χ0v) is 20.6. The van der Waals surface area contributed by atoms with Crippen LogP contribution in [0.15, 0.2) is 12.7 Å². The van der Waals surface area contributed by atoms with Crippen LogP contribution in [0.5, 0.6) is 0 Å². The summed E-state index contributed by atoms with van der Waals surface area (Å²) in [6, 6.07) is 0. The summed E-state index contributed by atoms with van der Waals surface area (Å²) in [5.41, 5.74) is 6.08. The summed E-state index contributed by atoms with van der Waals surface area (Å²) in [5, 5.41) is 50.0. The molecular formula is C16H25N5O14P2. The Labute approximate surface area is 207 Å². The molecule has 19 nitrogen and oxygen atoms in total. The van der Waals surface area contributed by atoms with Gasteiger partial charge in [-0.2, -0.15) is 4.31 Å². The lowest BCUT2D eigenvalue weighted by atomic mass is 10.0. The van der Waals surface area contributed by atoms with E-state index in [1.54, 1.807) is 0 Å². The highest BCUT2D eigenvalue weighted by Gasteiger charge is 2.49. The van der Waals surface area contributed by atoms with Crippen molar-refractivity contribution in [3.63, 3.8) is 0 Å². The molecule has 2 aliphatic heterocycles. The van der Waals surface area contributed by atoms with E-state index in [2.05, 4.69) is 28.3 Å².